The van der Waals surface area contributed by atoms with Crippen LogP contribution in [0.1, 0.15) is 16.1 Å². The monoisotopic (exact) mass is 528 g/mol. The Morgan fingerprint density at radius 2 is 1.66 bits per heavy atom. The molecule has 0 spiro atoms. The van der Waals surface area contributed by atoms with E-state index < -0.39 is 0 Å². The number of hydrogen-bond donors (Lipinski definition) is 2. The van der Waals surface area contributed by atoms with Crippen molar-refractivity contribution in [2.75, 3.05) is 43.0 Å². The van der Waals surface area contributed by atoms with Gasteiger partial charge < -0.3 is 24.3 Å². The van der Waals surface area contributed by atoms with E-state index in [1.807, 2.05) is 84.6 Å². The summed E-state index contributed by atoms with van der Waals surface area (Å²) in [5.74, 6) is 0.620. The number of nitrogens with one attached hydrogen (secondary N) is 2. The van der Waals surface area contributed by atoms with E-state index in [2.05, 4.69) is 15.5 Å². The second kappa shape index (κ2) is 11.4. The molecule has 4 aromatic rings. The number of hydrogen-bond acceptors (Lipinski definition) is 6. The Hall–Kier alpha value is -4.37. The number of fused-ring (bicyclic) bond motifs is 1. The molecule has 9 heteroatoms. The molecule has 1 aliphatic heterocycles. The van der Waals surface area contributed by atoms with Gasteiger partial charge in [0.15, 0.2) is 17.5 Å². The second-order valence-corrected chi connectivity index (χ2v) is 9.44. The fourth-order valence-corrected chi connectivity index (χ4v) is 4.58. The van der Waals surface area contributed by atoms with Crippen LogP contribution >= 0.6 is 12.2 Å². The van der Waals surface area contributed by atoms with Gasteiger partial charge >= 0.3 is 0 Å². The Kier molecular flexibility index (Phi) is 7.55. The molecule has 1 aliphatic rings. The van der Waals surface area contributed by atoms with Gasteiger partial charge in [0.05, 0.1) is 0 Å². The molecule has 0 saturated carbocycles. The lowest BCUT2D eigenvalue weighted by Crippen LogP contribution is -2.48. The van der Waals surface area contributed by atoms with Crippen LogP contribution in [-0.2, 0) is 4.79 Å². The van der Waals surface area contributed by atoms with Gasteiger partial charge in [0, 0.05) is 42.9 Å². The minimum atomic E-state index is -0.336. The molecule has 1 fully saturated rings. The number of para-hydroxylation sites is 2. The van der Waals surface area contributed by atoms with Crippen molar-refractivity contribution in [2.24, 2.45) is 0 Å². The fraction of sp³-hybridized carbons (Fsp3) is 0.207. The zero-order valence-corrected chi connectivity index (χ0v) is 21.8. The number of aryl methyl sites for hydroxylation is 1. The summed E-state index contributed by atoms with van der Waals surface area (Å²) in [5.41, 5.74) is 3.49. The number of carbonyl (C=O) groups excluding carboxylic acids is 2. The number of benzene rings is 3. The molecule has 2 N–H and O–H groups in total. The summed E-state index contributed by atoms with van der Waals surface area (Å²) in [7, 11) is 0. The van der Waals surface area contributed by atoms with Crippen LogP contribution in [0.25, 0.3) is 11.0 Å². The highest BCUT2D eigenvalue weighted by Gasteiger charge is 2.24. The van der Waals surface area contributed by atoms with Crippen LogP contribution in [-0.4, -0.2) is 54.6 Å². The van der Waals surface area contributed by atoms with Crippen LogP contribution in [0.2, 0.25) is 0 Å². The quantitative estimate of drug-likeness (QED) is 0.354. The number of furan rings is 1. The highest BCUT2D eigenvalue weighted by molar-refractivity contribution is 7.80. The molecule has 0 bridgehead atoms. The van der Waals surface area contributed by atoms with E-state index in [0.717, 1.165) is 27.9 Å². The molecule has 2 amide bonds. The Labute approximate surface area is 226 Å². The van der Waals surface area contributed by atoms with E-state index >= 15 is 0 Å². The van der Waals surface area contributed by atoms with Gasteiger partial charge in [-0.15, -0.1) is 0 Å². The third-order valence-corrected chi connectivity index (χ3v) is 6.60. The van der Waals surface area contributed by atoms with Crippen LogP contribution in [0, 0.1) is 6.92 Å². The van der Waals surface area contributed by atoms with Crippen molar-refractivity contribution in [3.63, 3.8) is 0 Å². The zero-order chi connectivity index (χ0) is 26.5. The van der Waals surface area contributed by atoms with E-state index in [1.165, 1.54) is 0 Å². The van der Waals surface area contributed by atoms with Crippen LogP contribution in [0.3, 0.4) is 0 Å². The maximum absolute atomic E-state index is 12.9. The largest absolute Gasteiger partial charge is 0.483 e. The standard InChI is InChI=1S/C29H28N4O4S/c1-20-6-2-4-8-24(20)36-19-27(34)31-29(38)30-22-10-12-23(13-11-22)32-14-16-33(17-15-32)28(35)26-18-21-7-3-5-9-25(21)37-26/h2-13,18H,14-17,19H2,1H3,(H2,30,31,34,38). The summed E-state index contributed by atoms with van der Waals surface area (Å²) in [5, 5.41) is 6.79. The molecule has 5 rings (SSSR count). The smallest absolute Gasteiger partial charge is 0.289 e. The van der Waals surface area contributed by atoms with E-state index in [9.17, 15) is 9.59 Å². The van der Waals surface area contributed by atoms with Crippen LogP contribution in [0.15, 0.2) is 83.3 Å². The molecule has 2 heterocycles. The first kappa shape index (κ1) is 25.3. The predicted octanol–water partition coefficient (Wildman–Crippen LogP) is 4.60. The second-order valence-electron chi connectivity index (χ2n) is 9.03. The van der Waals surface area contributed by atoms with Crippen molar-refractivity contribution in [3.05, 3.63) is 90.2 Å². The SMILES string of the molecule is Cc1ccccc1OCC(=O)NC(=S)Nc1ccc(N2CCN(C(=O)c3cc4ccccc4o3)CC2)cc1. The summed E-state index contributed by atoms with van der Waals surface area (Å²) < 4.78 is 11.3. The molecule has 8 nitrogen and oxygen atoms in total. The van der Waals surface area contributed by atoms with Gasteiger partial charge in [0.1, 0.15) is 11.3 Å². The fourth-order valence-electron chi connectivity index (χ4n) is 4.35. The summed E-state index contributed by atoms with van der Waals surface area (Å²) in [4.78, 5) is 29.2. The maximum atomic E-state index is 12.9. The average Bonchev–Trinajstić information content (AvgIpc) is 3.37. The molecular weight excluding hydrogens is 500 g/mol. The number of amides is 2. The number of thiocarbonyl (C=S) groups is 1. The predicted molar refractivity (Wildman–Crippen MR) is 152 cm³/mol. The van der Waals surface area contributed by atoms with Crippen molar-refractivity contribution < 1.29 is 18.7 Å². The lowest BCUT2D eigenvalue weighted by atomic mass is 10.2. The molecule has 0 aliphatic carbocycles. The number of ether oxygens (including phenoxy) is 1. The van der Waals surface area contributed by atoms with Gasteiger partial charge in [-0.2, -0.15) is 0 Å². The normalized spacial score (nSPS) is 13.3. The number of nitrogens with zero attached hydrogens (tertiary/aromatic N) is 2. The van der Waals surface area contributed by atoms with Crippen molar-refractivity contribution in [1.29, 1.82) is 0 Å². The minimum absolute atomic E-state index is 0.0831. The van der Waals surface area contributed by atoms with E-state index in [-0.39, 0.29) is 23.5 Å². The van der Waals surface area contributed by atoms with Gasteiger partial charge in [-0.3, -0.25) is 14.9 Å². The topological polar surface area (TPSA) is 87.0 Å². The van der Waals surface area contributed by atoms with Gasteiger partial charge in [0.2, 0.25) is 0 Å². The summed E-state index contributed by atoms with van der Waals surface area (Å²) in [6.45, 7) is 4.44. The van der Waals surface area contributed by atoms with E-state index in [4.69, 9.17) is 21.4 Å². The van der Waals surface area contributed by atoms with Crippen LogP contribution in [0.5, 0.6) is 5.75 Å². The van der Waals surface area contributed by atoms with Crippen LogP contribution in [0.4, 0.5) is 11.4 Å². The third kappa shape index (κ3) is 5.95. The van der Waals surface area contributed by atoms with Gasteiger partial charge in [-0.05, 0) is 67.2 Å². The minimum Gasteiger partial charge on any atom is -0.483 e. The number of anilines is 2. The van der Waals surface area contributed by atoms with Crippen molar-refractivity contribution in [1.82, 2.24) is 10.2 Å². The van der Waals surface area contributed by atoms with Gasteiger partial charge in [-0.1, -0.05) is 36.4 Å². The zero-order valence-electron chi connectivity index (χ0n) is 21.0. The van der Waals surface area contributed by atoms with Gasteiger partial charge in [-0.25, -0.2) is 0 Å². The molecule has 0 atom stereocenters. The lowest BCUT2D eigenvalue weighted by molar-refractivity contribution is -0.121. The first-order chi connectivity index (χ1) is 18.5. The molecule has 194 valence electrons. The lowest BCUT2D eigenvalue weighted by Gasteiger charge is -2.35. The molecule has 38 heavy (non-hydrogen) atoms. The van der Waals surface area contributed by atoms with Gasteiger partial charge in [0.25, 0.3) is 11.8 Å². The van der Waals surface area contributed by atoms with Crippen molar-refractivity contribution in [2.45, 2.75) is 6.92 Å². The molecule has 1 saturated heterocycles. The van der Waals surface area contributed by atoms with E-state index in [0.29, 0.717) is 37.7 Å². The molecular formula is C29H28N4O4S. The summed E-state index contributed by atoms with van der Waals surface area (Å²) >= 11 is 5.27. The Balaban J connectivity index is 1.08. The number of piperazine rings is 1. The molecule has 3 aromatic carbocycles. The number of rotatable bonds is 6. The first-order valence-electron chi connectivity index (χ1n) is 12.4. The van der Waals surface area contributed by atoms with E-state index in [1.54, 1.807) is 6.07 Å². The third-order valence-electron chi connectivity index (χ3n) is 6.40. The number of carbonyl (C=O) groups is 2. The molecule has 1 aromatic heterocycles. The van der Waals surface area contributed by atoms with Crippen molar-refractivity contribution in [3.8, 4) is 5.75 Å². The average molecular weight is 529 g/mol. The maximum Gasteiger partial charge on any atom is 0.289 e. The Bertz CT molecular complexity index is 1430. The Morgan fingerprint density at radius 3 is 2.39 bits per heavy atom. The Morgan fingerprint density at radius 1 is 0.947 bits per heavy atom. The highest BCUT2D eigenvalue weighted by Crippen LogP contribution is 2.23. The highest BCUT2D eigenvalue weighted by atomic mass is 32.1. The first-order valence-corrected chi connectivity index (χ1v) is 12.8. The summed E-state index contributed by atoms with van der Waals surface area (Å²) in [6, 6.07) is 24.7. The summed E-state index contributed by atoms with van der Waals surface area (Å²) in [6.07, 6.45) is 0. The van der Waals surface area contributed by atoms with Crippen LogP contribution < -0.4 is 20.3 Å². The van der Waals surface area contributed by atoms with Crippen molar-refractivity contribution >= 4 is 51.5 Å². The molecule has 0 unspecified atom stereocenters. The molecule has 0 radical (unpaired) electrons.